The molecule has 2 aromatic carbocycles. The molecule has 0 spiro atoms. The first-order chi connectivity index (χ1) is 11.6. The van der Waals surface area contributed by atoms with E-state index in [1.807, 2.05) is 30.3 Å². The summed E-state index contributed by atoms with van der Waals surface area (Å²) >= 11 is 7.47. The number of anilines is 1. The lowest BCUT2D eigenvalue weighted by molar-refractivity contribution is -0.124. The minimum Gasteiger partial charge on any atom is -0.452 e. The van der Waals surface area contributed by atoms with Crippen LogP contribution in [0.5, 0.6) is 0 Å². The third-order valence-corrected chi connectivity index (χ3v) is 4.39. The van der Waals surface area contributed by atoms with Gasteiger partial charge in [0.1, 0.15) is 0 Å². The number of amides is 1. The molecular formula is C17H17ClN2O3S. The second-order valence-electron chi connectivity index (χ2n) is 4.79. The van der Waals surface area contributed by atoms with Crippen LogP contribution in [0.25, 0.3) is 0 Å². The minimum atomic E-state index is -0.677. The topological polar surface area (TPSA) is 81.4 Å². The van der Waals surface area contributed by atoms with E-state index in [2.05, 4.69) is 5.32 Å². The molecule has 0 radical (unpaired) electrons. The van der Waals surface area contributed by atoms with Crippen molar-refractivity contribution in [1.29, 1.82) is 0 Å². The van der Waals surface area contributed by atoms with Gasteiger partial charge in [-0.2, -0.15) is 0 Å². The first-order valence-corrected chi connectivity index (χ1v) is 8.60. The molecule has 0 saturated carbocycles. The van der Waals surface area contributed by atoms with Crippen molar-refractivity contribution in [1.82, 2.24) is 5.32 Å². The van der Waals surface area contributed by atoms with Crippen molar-refractivity contribution in [3.05, 3.63) is 59.1 Å². The molecule has 7 heteroatoms. The number of hydrogen-bond acceptors (Lipinski definition) is 5. The fraction of sp³-hybridized carbons (Fsp3) is 0.176. The van der Waals surface area contributed by atoms with E-state index in [4.69, 9.17) is 22.1 Å². The maximum Gasteiger partial charge on any atom is 0.340 e. The van der Waals surface area contributed by atoms with Gasteiger partial charge in [-0.1, -0.05) is 35.9 Å². The maximum absolute atomic E-state index is 11.9. The number of esters is 1. The molecular weight excluding hydrogens is 348 g/mol. The average molecular weight is 365 g/mol. The Labute approximate surface area is 149 Å². The molecule has 0 saturated heterocycles. The molecule has 5 nitrogen and oxygen atoms in total. The number of nitrogen functional groups attached to an aromatic ring is 1. The van der Waals surface area contributed by atoms with Crippen molar-refractivity contribution in [3.8, 4) is 0 Å². The Morgan fingerprint density at radius 1 is 1.12 bits per heavy atom. The van der Waals surface area contributed by atoms with Crippen LogP contribution in [0.4, 0.5) is 5.69 Å². The first kappa shape index (κ1) is 18.2. The molecule has 24 heavy (non-hydrogen) atoms. The summed E-state index contributed by atoms with van der Waals surface area (Å²) in [6.07, 6.45) is 0. The summed E-state index contributed by atoms with van der Waals surface area (Å²) in [5.74, 6) is -0.313. The molecule has 0 heterocycles. The number of carbonyl (C=O) groups excluding carboxylic acids is 2. The van der Waals surface area contributed by atoms with E-state index in [0.29, 0.717) is 6.54 Å². The largest absolute Gasteiger partial charge is 0.452 e. The minimum absolute atomic E-state index is 0.142. The zero-order chi connectivity index (χ0) is 17.4. The van der Waals surface area contributed by atoms with Crippen LogP contribution in [0, 0.1) is 0 Å². The molecule has 2 rings (SSSR count). The predicted octanol–water partition coefficient (Wildman–Crippen LogP) is 2.99. The highest BCUT2D eigenvalue weighted by Gasteiger charge is 2.14. The zero-order valence-corrected chi connectivity index (χ0v) is 14.4. The Kier molecular flexibility index (Phi) is 6.96. The summed E-state index contributed by atoms with van der Waals surface area (Å²) in [5, 5.41) is 2.96. The van der Waals surface area contributed by atoms with E-state index in [1.165, 1.54) is 6.07 Å². The van der Waals surface area contributed by atoms with Crippen molar-refractivity contribution in [2.75, 3.05) is 24.6 Å². The Morgan fingerprint density at radius 2 is 1.88 bits per heavy atom. The predicted molar refractivity (Wildman–Crippen MR) is 96.3 cm³/mol. The highest BCUT2D eigenvalue weighted by atomic mass is 35.5. The van der Waals surface area contributed by atoms with Gasteiger partial charge < -0.3 is 15.8 Å². The molecule has 0 fully saturated rings. The summed E-state index contributed by atoms with van der Waals surface area (Å²) < 4.78 is 4.94. The molecule has 0 unspecified atom stereocenters. The van der Waals surface area contributed by atoms with Crippen LogP contribution < -0.4 is 11.1 Å². The molecule has 0 atom stereocenters. The number of rotatable bonds is 7. The smallest absolute Gasteiger partial charge is 0.340 e. The normalized spacial score (nSPS) is 10.2. The van der Waals surface area contributed by atoms with Gasteiger partial charge in [0.05, 0.1) is 16.3 Å². The number of ether oxygens (including phenoxy) is 1. The van der Waals surface area contributed by atoms with Crippen molar-refractivity contribution < 1.29 is 14.3 Å². The van der Waals surface area contributed by atoms with Gasteiger partial charge in [-0.3, -0.25) is 4.79 Å². The molecule has 0 aliphatic rings. The van der Waals surface area contributed by atoms with E-state index in [0.717, 1.165) is 10.6 Å². The van der Waals surface area contributed by atoms with Gasteiger partial charge in [-0.25, -0.2) is 4.79 Å². The van der Waals surface area contributed by atoms with Crippen LogP contribution >= 0.6 is 23.4 Å². The number of para-hydroxylation sites is 1. The van der Waals surface area contributed by atoms with Gasteiger partial charge in [0, 0.05) is 17.2 Å². The Bertz CT molecular complexity index is 710. The van der Waals surface area contributed by atoms with Crippen molar-refractivity contribution >= 4 is 40.9 Å². The standard InChI is InChI=1S/C17H17ClN2O3S/c18-14-8-4-7-13(16(14)19)17(22)23-11-15(21)20-9-10-24-12-5-2-1-3-6-12/h1-8H,9-11,19H2,(H,20,21). The van der Waals surface area contributed by atoms with Crippen LogP contribution in [0.15, 0.2) is 53.4 Å². The summed E-state index contributed by atoms with van der Waals surface area (Å²) in [6, 6.07) is 14.5. The van der Waals surface area contributed by atoms with Gasteiger partial charge in [0.25, 0.3) is 5.91 Å². The van der Waals surface area contributed by atoms with Gasteiger partial charge in [0.2, 0.25) is 0 Å². The van der Waals surface area contributed by atoms with E-state index < -0.39 is 5.97 Å². The monoisotopic (exact) mass is 364 g/mol. The molecule has 0 bridgehead atoms. The number of nitrogens with two attached hydrogens (primary N) is 1. The third-order valence-electron chi connectivity index (χ3n) is 3.04. The number of benzene rings is 2. The fourth-order valence-corrected chi connectivity index (χ4v) is 2.81. The summed E-state index contributed by atoms with van der Waals surface area (Å²) in [7, 11) is 0. The first-order valence-electron chi connectivity index (χ1n) is 7.23. The third kappa shape index (κ3) is 5.47. The molecule has 0 aliphatic carbocycles. The average Bonchev–Trinajstić information content (AvgIpc) is 2.60. The second-order valence-corrected chi connectivity index (χ2v) is 6.36. The van der Waals surface area contributed by atoms with Crippen LogP contribution in [0.3, 0.4) is 0 Å². The lowest BCUT2D eigenvalue weighted by atomic mass is 10.2. The lowest BCUT2D eigenvalue weighted by Gasteiger charge is -2.08. The highest BCUT2D eigenvalue weighted by Crippen LogP contribution is 2.22. The Hall–Kier alpha value is -2.18. The molecule has 126 valence electrons. The quantitative estimate of drug-likeness (QED) is 0.341. The summed E-state index contributed by atoms with van der Waals surface area (Å²) in [4.78, 5) is 24.7. The molecule has 1 amide bonds. The van der Waals surface area contributed by atoms with Crippen LogP contribution in [0.2, 0.25) is 5.02 Å². The SMILES string of the molecule is Nc1c(Cl)cccc1C(=O)OCC(=O)NCCSc1ccccc1. The summed E-state index contributed by atoms with van der Waals surface area (Å²) in [5.41, 5.74) is 6.00. The number of carbonyl (C=O) groups is 2. The zero-order valence-electron chi connectivity index (χ0n) is 12.8. The Balaban J connectivity index is 1.69. The molecule has 2 aromatic rings. The van der Waals surface area contributed by atoms with Crippen LogP contribution in [-0.4, -0.2) is 30.8 Å². The highest BCUT2D eigenvalue weighted by molar-refractivity contribution is 7.99. The van der Waals surface area contributed by atoms with Gasteiger partial charge >= 0.3 is 5.97 Å². The van der Waals surface area contributed by atoms with Gasteiger partial charge in [-0.05, 0) is 24.3 Å². The lowest BCUT2D eigenvalue weighted by Crippen LogP contribution is -2.30. The Morgan fingerprint density at radius 3 is 2.62 bits per heavy atom. The van der Waals surface area contributed by atoms with E-state index in [9.17, 15) is 9.59 Å². The van der Waals surface area contributed by atoms with E-state index in [1.54, 1.807) is 23.9 Å². The number of hydrogen-bond donors (Lipinski definition) is 2. The van der Waals surface area contributed by atoms with Crippen LogP contribution in [-0.2, 0) is 9.53 Å². The maximum atomic E-state index is 11.9. The van der Waals surface area contributed by atoms with E-state index >= 15 is 0 Å². The molecule has 3 N–H and O–H groups in total. The molecule has 0 aromatic heterocycles. The van der Waals surface area contributed by atoms with Gasteiger partial charge in [0.15, 0.2) is 6.61 Å². The molecule has 0 aliphatic heterocycles. The number of halogens is 1. The van der Waals surface area contributed by atoms with Crippen LogP contribution in [0.1, 0.15) is 10.4 Å². The second kappa shape index (κ2) is 9.20. The van der Waals surface area contributed by atoms with Crippen molar-refractivity contribution in [2.24, 2.45) is 0 Å². The summed E-state index contributed by atoms with van der Waals surface area (Å²) in [6.45, 7) is 0.121. The van der Waals surface area contributed by atoms with Crippen molar-refractivity contribution in [3.63, 3.8) is 0 Å². The number of nitrogens with one attached hydrogen (secondary N) is 1. The van der Waals surface area contributed by atoms with Gasteiger partial charge in [-0.15, -0.1) is 11.8 Å². The van der Waals surface area contributed by atoms with E-state index in [-0.39, 0.29) is 28.8 Å². The van der Waals surface area contributed by atoms with Crippen molar-refractivity contribution in [2.45, 2.75) is 4.90 Å². The fourth-order valence-electron chi connectivity index (χ4n) is 1.85. The number of thioether (sulfide) groups is 1.